The SMILES string of the molecule is CC(CNCc1nc2ccccc2s1)N1CCCC1. The summed E-state index contributed by atoms with van der Waals surface area (Å²) < 4.78 is 1.28. The zero-order valence-electron chi connectivity index (χ0n) is 11.4. The van der Waals surface area contributed by atoms with E-state index in [1.165, 1.54) is 35.6 Å². The van der Waals surface area contributed by atoms with Crippen molar-refractivity contribution in [1.82, 2.24) is 15.2 Å². The molecule has 1 unspecified atom stereocenters. The van der Waals surface area contributed by atoms with Crippen LogP contribution in [0, 0.1) is 0 Å². The molecule has 3 nitrogen and oxygen atoms in total. The number of nitrogens with one attached hydrogen (secondary N) is 1. The van der Waals surface area contributed by atoms with Crippen molar-refractivity contribution >= 4 is 21.6 Å². The normalized spacial score (nSPS) is 18.2. The molecule has 102 valence electrons. The number of para-hydroxylation sites is 1. The summed E-state index contributed by atoms with van der Waals surface area (Å²) in [5.74, 6) is 0. The Hall–Kier alpha value is -0.970. The highest BCUT2D eigenvalue weighted by molar-refractivity contribution is 7.18. The van der Waals surface area contributed by atoms with Crippen LogP contribution < -0.4 is 5.32 Å². The molecule has 1 fully saturated rings. The van der Waals surface area contributed by atoms with Gasteiger partial charge in [0.1, 0.15) is 5.01 Å². The van der Waals surface area contributed by atoms with E-state index in [1.807, 2.05) is 0 Å². The molecule has 19 heavy (non-hydrogen) atoms. The van der Waals surface area contributed by atoms with Gasteiger partial charge in [-0.1, -0.05) is 12.1 Å². The lowest BCUT2D eigenvalue weighted by Gasteiger charge is -2.23. The van der Waals surface area contributed by atoms with Gasteiger partial charge in [0.25, 0.3) is 0 Å². The largest absolute Gasteiger partial charge is 0.309 e. The molecule has 3 rings (SSSR count). The smallest absolute Gasteiger partial charge is 0.108 e. The van der Waals surface area contributed by atoms with Crippen molar-refractivity contribution in [3.63, 3.8) is 0 Å². The number of hydrogen-bond donors (Lipinski definition) is 1. The zero-order valence-corrected chi connectivity index (χ0v) is 12.2. The summed E-state index contributed by atoms with van der Waals surface area (Å²) in [6, 6.07) is 8.99. The lowest BCUT2D eigenvalue weighted by atomic mass is 10.3. The molecule has 1 atom stereocenters. The first-order valence-corrected chi connectivity index (χ1v) is 7.94. The summed E-state index contributed by atoms with van der Waals surface area (Å²) in [6.45, 7) is 6.79. The average Bonchev–Trinajstić information content (AvgIpc) is 3.07. The Morgan fingerprint density at radius 3 is 2.89 bits per heavy atom. The Balaban J connectivity index is 1.51. The van der Waals surface area contributed by atoms with Crippen LogP contribution in [-0.4, -0.2) is 35.6 Å². The van der Waals surface area contributed by atoms with Gasteiger partial charge in [0.05, 0.1) is 10.2 Å². The predicted octanol–water partition coefficient (Wildman–Crippen LogP) is 2.87. The molecule has 0 bridgehead atoms. The van der Waals surface area contributed by atoms with E-state index >= 15 is 0 Å². The van der Waals surface area contributed by atoms with Gasteiger partial charge in [-0.3, -0.25) is 4.90 Å². The molecule has 1 aliphatic heterocycles. The molecule has 4 heteroatoms. The van der Waals surface area contributed by atoms with Crippen LogP contribution in [0.1, 0.15) is 24.8 Å². The summed E-state index contributed by atoms with van der Waals surface area (Å²) in [7, 11) is 0. The van der Waals surface area contributed by atoms with Crippen LogP contribution in [0.5, 0.6) is 0 Å². The third kappa shape index (κ3) is 3.14. The van der Waals surface area contributed by atoms with E-state index in [9.17, 15) is 0 Å². The molecule has 0 spiro atoms. The quantitative estimate of drug-likeness (QED) is 0.909. The van der Waals surface area contributed by atoms with Crippen LogP contribution in [0.15, 0.2) is 24.3 Å². The zero-order chi connectivity index (χ0) is 13.1. The molecule has 2 aromatic rings. The molecule has 1 N–H and O–H groups in total. The Morgan fingerprint density at radius 1 is 1.32 bits per heavy atom. The molecular formula is C15H21N3S. The van der Waals surface area contributed by atoms with Gasteiger partial charge in [0.2, 0.25) is 0 Å². The van der Waals surface area contributed by atoms with E-state index in [1.54, 1.807) is 11.3 Å². The van der Waals surface area contributed by atoms with Crippen LogP contribution in [-0.2, 0) is 6.54 Å². The van der Waals surface area contributed by atoms with Gasteiger partial charge in [0, 0.05) is 19.1 Å². The molecule has 0 amide bonds. The Labute approximate surface area is 118 Å². The molecule has 1 saturated heterocycles. The maximum atomic E-state index is 4.65. The second kappa shape index (κ2) is 5.99. The second-order valence-electron chi connectivity index (χ2n) is 5.30. The van der Waals surface area contributed by atoms with Crippen molar-refractivity contribution in [1.29, 1.82) is 0 Å². The van der Waals surface area contributed by atoms with Gasteiger partial charge in [0.15, 0.2) is 0 Å². The molecule has 1 aromatic heterocycles. The molecule has 2 heterocycles. The summed E-state index contributed by atoms with van der Waals surface area (Å²) in [4.78, 5) is 7.22. The first-order valence-electron chi connectivity index (χ1n) is 7.12. The van der Waals surface area contributed by atoms with Crippen LogP contribution in [0.4, 0.5) is 0 Å². The molecule has 0 aliphatic carbocycles. The van der Waals surface area contributed by atoms with E-state index in [-0.39, 0.29) is 0 Å². The van der Waals surface area contributed by atoms with Crippen LogP contribution >= 0.6 is 11.3 Å². The number of rotatable bonds is 5. The highest BCUT2D eigenvalue weighted by Gasteiger charge is 2.17. The Morgan fingerprint density at radius 2 is 2.11 bits per heavy atom. The van der Waals surface area contributed by atoms with Gasteiger partial charge in [-0.2, -0.15) is 0 Å². The fourth-order valence-corrected chi connectivity index (χ4v) is 3.63. The molecular weight excluding hydrogens is 254 g/mol. The van der Waals surface area contributed by atoms with Gasteiger partial charge in [-0.05, 0) is 45.0 Å². The molecule has 0 saturated carbocycles. The van der Waals surface area contributed by atoms with Crippen molar-refractivity contribution in [2.24, 2.45) is 0 Å². The van der Waals surface area contributed by atoms with E-state index in [2.05, 4.69) is 46.4 Å². The summed E-state index contributed by atoms with van der Waals surface area (Å²) in [5, 5.41) is 4.74. The topological polar surface area (TPSA) is 28.2 Å². The number of thiazole rings is 1. The highest BCUT2D eigenvalue weighted by Crippen LogP contribution is 2.21. The lowest BCUT2D eigenvalue weighted by molar-refractivity contribution is 0.251. The first-order chi connectivity index (χ1) is 9.33. The first kappa shape index (κ1) is 13.0. The minimum absolute atomic E-state index is 0.636. The number of benzene rings is 1. The highest BCUT2D eigenvalue weighted by atomic mass is 32.1. The fourth-order valence-electron chi connectivity index (χ4n) is 2.69. The maximum absolute atomic E-state index is 4.65. The van der Waals surface area contributed by atoms with Crippen molar-refractivity contribution < 1.29 is 0 Å². The maximum Gasteiger partial charge on any atom is 0.108 e. The van der Waals surface area contributed by atoms with Crippen LogP contribution in [0.3, 0.4) is 0 Å². The summed E-state index contributed by atoms with van der Waals surface area (Å²) >= 11 is 1.79. The van der Waals surface area contributed by atoms with Crippen LogP contribution in [0.25, 0.3) is 10.2 Å². The average molecular weight is 275 g/mol. The number of fused-ring (bicyclic) bond motifs is 1. The third-order valence-corrected chi connectivity index (χ3v) is 4.85. The monoisotopic (exact) mass is 275 g/mol. The van der Waals surface area contributed by atoms with Crippen molar-refractivity contribution in [2.45, 2.75) is 32.4 Å². The number of aromatic nitrogens is 1. The van der Waals surface area contributed by atoms with E-state index < -0.39 is 0 Å². The second-order valence-corrected chi connectivity index (χ2v) is 6.41. The summed E-state index contributed by atoms with van der Waals surface area (Å²) in [6.07, 6.45) is 2.73. The van der Waals surface area contributed by atoms with Gasteiger partial charge in [-0.25, -0.2) is 4.98 Å². The van der Waals surface area contributed by atoms with Gasteiger partial charge < -0.3 is 5.32 Å². The minimum Gasteiger partial charge on any atom is -0.309 e. The molecule has 1 aromatic carbocycles. The Bertz CT molecular complexity index is 498. The van der Waals surface area contributed by atoms with Gasteiger partial charge >= 0.3 is 0 Å². The minimum atomic E-state index is 0.636. The van der Waals surface area contributed by atoms with E-state index in [0.29, 0.717) is 6.04 Å². The van der Waals surface area contributed by atoms with E-state index in [4.69, 9.17) is 0 Å². The Kier molecular flexibility index (Phi) is 4.11. The van der Waals surface area contributed by atoms with Gasteiger partial charge in [-0.15, -0.1) is 11.3 Å². The third-order valence-electron chi connectivity index (χ3n) is 3.82. The number of likely N-dealkylation sites (tertiary alicyclic amines) is 1. The van der Waals surface area contributed by atoms with E-state index in [0.717, 1.165) is 18.6 Å². The predicted molar refractivity (Wildman–Crippen MR) is 81.6 cm³/mol. The lowest BCUT2D eigenvalue weighted by Crippen LogP contribution is -2.38. The van der Waals surface area contributed by atoms with Crippen LogP contribution in [0.2, 0.25) is 0 Å². The van der Waals surface area contributed by atoms with Crippen molar-refractivity contribution in [3.8, 4) is 0 Å². The number of hydrogen-bond acceptors (Lipinski definition) is 4. The fraction of sp³-hybridized carbons (Fsp3) is 0.533. The molecule has 1 aliphatic rings. The van der Waals surface area contributed by atoms with Crippen molar-refractivity contribution in [2.75, 3.05) is 19.6 Å². The summed E-state index contributed by atoms with van der Waals surface area (Å²) in [5.41, 5.74) is 1.12. The van der Waals surface area contributed by atoms with Crippen molar-refractivity contribution in [3.05, 3.63) is 29.3 Å². The number of nitrogens with zero attached hydrogens (tertiary/aromatic N) is 2. The standard InChI is InChI=1S/C15H21N3S/c1-12(18-8-4-5-9-18)10-16-11-15-17-13-6-2-3-7-14(13)19-15/h2-3,6-7,12,16H,4-5,8-11H2,1H3. The molecule has 0 radical (unpaired) electrons.